The summed E-state index contributed by atoms with van der Waals surface area (Å²) < 4.78 is 32.3. The molecule has 0 atom stereocenters. The minimum atomic E-state index is -3.69. The van der Waals surface area contributed by atoms with E-state index in [-0.39, 0.29) is 10.0 Å². The fraction of sp³-hybridized carbons (Fsp3) is 0.125. The number of esters is 1. The van der Waals surface area contributed by atoms with Gasteiger partial charge in [-0.25, -0.2) is 13.2 Å². The second-order valence-corrected chi connectivity index (χ2v) is 9.73. The number of benzene rings is 3. The molecule has 1 aliphatic rings. The molecular formula is C24H21N3O5S2. The second-order valence-electron chi connectivity index (χ2n) is 7.46. The molecule has 2 N–H and O–H groups in total. The molecule has 1 amide bonds. The number of methoxy groups -OCH3 is 1. The predicted molar refractivity (Wildman–Crippen MR) is 133 cm³/mol. The quantitative estimate of drug-likeness (QED) is 0.413. The van der Waals surface area contributed by atoms with E-state index in [1.165, 1.54) is 47.8 Å². The van der Waals surface area contributed by atoms with Crippen LogP contribution in [0, 0.1) is 0 Å². The summed E-state index contributed by atoms with van der Waals surface area (Å²) in [6, 6.07) is 19.5. The highest BCUT2D eigenvalue weighted by molar-refractivity contribution is 7.92. The van der Waals surface area contributed by atoms with Gasteiger partial charge in [0.25, 0.3) is 15.9 Å². The summed E-state index contributed by atoms with van der Waals surface area (Å²) in [7, 11) is -2.42. The fourth-order valence-corrected chi connectivity index (χ4v) is 5.32. The van der Waals surface area contributed by atoms with Crippen LogP contribution < -0.4 is 14.9 Å². The van der Waals surface area contributed by atoms with Gasteiger partial charge in [-0.15, -0.1) is 0 Å². The molecule has 0 unspecified atom stereocenters. The van der Waals surface area contributed by atoms with E-state index in [0.717, 1.165) is 5.56 Å². The highest BCUT2D eigenvalue weighted by Crippen LogP contribution is 2.32. The number of hydrogen-bond donors (Lipinski definition) is 2. The van der Waals surface area contributed by atoms with Crippen molar-refractivity contribution < 1.29 is 22.7 Å². The third-order valence-corrected chi connectivity index (χ3v) is 7.37. The number of fused-ring (bicyclic) bond motifs is 1. The lowest BCUT2D eigenvalue weighted by molar-refractivity contribution is 0.0600. The summed E-state index contributed by atoms with van der Waals surface area (Å²) in [4.78, 5) is 24.0. The van der Waals surface area contributed by atoms with E-state index in [4.69, 9.17) is 12.2 Å². The van der Waals surface area contributed by atoms with Gasteiger partial charge < -0.3 is 10.1 Å². The van der Waals surface area contributed by atoms with Gasteiger partial charge in [0.05, 0.1) is 23.3 Å². The maximum atomic E-state index is 13.1. The van der Waals surface area contributed by atoms with Crippen molar-refractivity contribution in [3.63, 3.8) is 0 Å². The molecule has 1 heterocycles. The molecule has 0 aliphatic carbocycles. The van der Waals surface area contributed by atoms with Gasteiger partial charge in [0.2, 0.25) is 0 Å². The molecule has 0 aromatic heterocycles. The fourth-order valence-electron chi connectivity index (χ4n) is 3.61. The number of nitrogens with zero attached hydrogens (tertiary/aromatic N) is 1. The van der Waals surface area contributed by atoms with E-state index in [9.17, 15) is 18.0 Å². The van der Waals surface area contributed by atoms with Crippen LogP contribution >= 0.6 is 12.2 Å². The number of amides is 1. The zero-order valence-corrected chi connectivity index (χ0v) is 19.8. The maximum absolute atomic E-state index is 13.1. The van der Waals surface area contributed by atoms with Crippen molar-refractivity contribution in [1.29, 1.82) is 0 Å². The lowest BCUT2D eigenvalue weighted by Gasteiger charge is -2.19. The van der Waals surface area contributed by atoms with Gasteiger partial charge in [-0.3, -0.25) is 14.4 Å². The smallest absolute Gasteiger partial charge is 0.337 e. The van der Waals surface area contributed by atoms with E-state index >= 15 is 0 Å². The first-order valence-corrected chi connectivity index (χ1v) is 12.2. The first-order valence-electron chi connectivity index (χ1n) is 10.3. The van der Waals surface area contributed by atoms with Gasteiger partial charge in [0.15, 0.2) is 5.11 Å². The molecule has 1 aliphatic heterocycles. The van der Waals surface area contributed by atoms with Gasteiger partial charge in [0.1, 0.15) is 0 Å². The summed E-state index contributed by atoms with van der Waals surface area (Å²) in [5.41, 5.74) is 2.86. The molecule has 8 nitrogen and oxygen atoms in total. The molecule has 0 radical (unpaired) electrons. The number of carbonyl (C=O) groups excluding carboxylic acids is 2. The average Bonchev–Trinajstić information content (AvgIpc) is 3.29. The van der Waals surface area contributed by atoms with Gasteiger partial charge in [-0.2, -0.15) is 0 Å². The topological polar surface area (TPSA) is 105 Å². The molecule has 4 rings (SSSR count). The van der Waals surface area contributed by atoms with Crippen molar-refractivity contribution in [2.45, 2.75) is 11.3 Å². The molecular weight excluding hydrogens is 474 g/mol. The van der Waals surface area contributed by atoms with Crippen molar-refractivity contribution in [2.75, 3.05) is 23.3 Å². The van der Waals surface area contributed by atoms with Crippen molar-refractivity contribution in [2.24, 2.45) is 0 Å². The number of carbonyl (C=O) groups is 2. The van der Waals surface area contributed by atoms with Gasteiger partial charge in [-0.1, -0.05) is 18.2 Å². The second kappa shape index (κ2) is 9.62. The van der Waals surface area contributed by atoms with Crippen LogP contribution in [-0.2, 0) is 21.2 Å². The minimum Gasteiger partial charge on any atom is -0.465 e. The van der Waals surface area contributed by atoms with E-state index in [2.05, 4.69) is 15.4 Å². The number of anilines is 2. The van der Waals surface area contributed by atoms with Crippen LogP contribution in [0.4, 0.5) is 11.4 Å². The third-order valence-electron chi connectivity index (χ3n) is 5.34. The zero-order valence-electron chi connectivity index (χ0n) is 18.1. The van der Waals surface area contributed by atoms with Crippen LogP contribution in [0.25, 0.3) is 0 Å². The summed E-state index contributed by atoms with van der Waals surface area (Å²) >= 11 is 5.19. The molecule has 174 valence electrons. The Bertz CT molecular complexity index is 1350. The van der Waals surface area contributed by atoms with Crippen LogP contribution in [0.2, 0.25) is 0 Å². The Labute approximate surface area is 202 Å². The first-order chi connectivity index (χ1) is 16.3. The molecule has 10 heteroatoms. The van der Waals surface area contributed by atoms with Crippen molar-refractivity contribution in [3.05, 3.63) is 89.5 Å². The standard InChI is InChI=1S/C24H21N3O5S2/c1-32-23(29)18-8-6-17(7-9-18)22(28)26-24(33)25-19-10-12-20(13-11-19)34(30,31)27-15-14-16-4-2-3-5-21(16)27/h2-13H,14-15H2,1H3,(H2,25,26,28,33). The number of rotatable bonds is 5. The van der Waals surface area contributed by atoms with Crippen molar-refractivity contribution >= 4 is 50.6 Å². The lowest BCUT2D eigenvalue weighted by atomic mass is 10.1. The molecule has 3 aromatic rings. The van der Waals surface area contributed by atoms with Crippen molar-refractivity contribution in [3.8, 4) is 0 Å². The van der Waals surface area contributed by atoms with E-state index < -0.39 is 21.9 Å². The summed E-state index contributed by atoms with van der Waals surface area (Å²) in [5.74, 6) is -0.954. The van der Waals surface area contributed by atoms with Crippen LogP contribution in [-0.4, -0.2) is 39.1 Å². The molecule has 0 spiro atoms. The number of thiocarbonyl (C=S) groups is 1. The predicted octanol–water partition coefficient (Wildman–Crippen LogP) is 3.35. The highest BCUT2D eigenvalue weighted by atomic mass is 32.2. The number of sulfonamides is 1. The van der Waals surface area contributed by atoms with Crippen LogP contribution in [0.1, 0.15) is 26.3 Å². The van der Waals surface area contributed by atoms with Crippen LogP contribution in [0.5, 0.6) is 0 Å². The molecule has 0 saturated heterocycles. The Kier molecular flexibility index (Phi) is 6.62. The molecule has 34 heavy (non-hydrogen) atoms. The highest BCUT2D eigenvalue weighted by Gasteiger charge is 2.30. The normalized spacial score (nSPS) is 12.6. The van der Waals surface area contributed by atoms with Crippen LogP contribution in [0.3, 0.4) is 0 Å². The SMILES string of the molecule is COC(=O)c1ccc(C(=O)NC(=S)Nc2ccc(S(=O)(=O)N3CCc4ccccc43)cc2)cc1. The number of hydrogen-bond acceptors (Lipinski definition) is 6. The summed E-state index contributed by atoms with van der Waals surface area (Å²) in [5, 5.41) is 5.46. The minimum absolute atomic E-state index is 0.0473. The largest absolute Gasteiger partial charge is 0.465 e. The van der Waals surface area contributed by atoms with Crippen molar-refractivity contribution in [1.82, 2.24) is 5.32 Å². The molecule has 0 fully saturated rings. The number of nitrogens with one attached hydrogen (secondary N) is 2. The monoisotopic (exact) mass is 495 g/mol. The number of ether oxygens (including phenoxy) is 1. The van der Waals surface area contributed by atoms with Gasteiger partial charge in [0, 0.05) is 17.8 Å². The Morgan fingerprint density at radius 3 is 2.26 bits per heavy atom. The summed E-state index contributed by atoms with van der Waals surface area (Å²) in [6.45, 7) is 0.401. The molecule has 3 aromatic carbocycles. The zero-order chi connectivity index (χ0) is 24.3. The van der Waals surface area contributed by atoms with Crippen LogP contribution in [0.15, 0.2) is 77.7 Å². The Balaban J connectivity index is 1.39. The third kappa shape index (κ3) is 4.78. The molecule has 0 bridgehead atoms. The van der Waals surface area contributed by atoms with E-state index in [0.29, 0.717) is 35.5 Å². The average molecular weight is 496 g/mol. The number of para-hydroxylation sites is 1. The van der Waals surface area contributed by atoms with Gasteiger partial charge in [-0.05, 0) is 78.8 Å². The van der Waals surface area contributed by atoms with Gasteiger partial charge >= 0.3 is 5.97 Å². The first kappa shape index (κ1) is 23.4. The lowest BCUT2D eigenvalue weighted by Crippen LogP contribution is -2.34. The molecule has 0 saturated carbocycles. The Morgan fingerprint density at radius 2 is 1.59 bits per heavy atom. The Hall–Kier alpha value is -3.76. The summed E-state index contributed by atoms with van der Waals surface area (Å²) in [6.07, 6.45) is 0.675. The van der Waals surface area contributed by atoms with E-state index in [1.54, 1.807) is 18.2 Å². The Morgan fingerprint density at radius 1 is 0.941 bits per heavy atom. The maximum Gasteiger partial charge on any atom is 0.337 e. The van der Waals surface area contributed by atoms with E-state index in [1.807, 2.05) is 18.2 Å².